The highest BCUT2D eigenvalue weighted by Gasteiger charge is 2.15. The summed E-state index contributed by atoms with van der Waals surface area (Å²) in [7, 11) is -3.19. The van der Waals surface area contributed by atoms with Gasteiger partial charge in [0.05, 0.1) is 6.26 Å². The molecule has 1 N–H and O–H groups in total. The second-order valence-corrected chi connectivity index (χ2v) is 5.89. The lowest BCUT2D eigenvalue weighted by Gasteiger charge is -2.25. The molecule has 6 heteroatoms. The number of amides is 1. The van der Waals surface area contributed by atoms with Crippen molar-refractivity contribution in [3.8, 4) is 0 Å². The topological polar surface area (TPSA) is 66.5 Å². The van der Waals surface area contributed by atoms with E-state index in [9.17, 15) is 13.2 Å². The van der Waals surface area contributed by atoms with Crippen molar-refractivity contribution in [1.82, 2.24) is 9.62 Å². The first-order valence-electron chi connectivity index (χ1n) is 6.26. The summed E-state index contributed by atoms with van der Waals surface area (Å²) in [5, 5.41) is 0. The third kappa shape index (κ3) is 7.45. The van der Waals surface area contributed by atoms with E-state index in [1.54, 1.807) is 4.90 Å². The highest BCUT2D eigenvalue weighted by molar-refractivity contribution is 7.88. The largest absolute Gasteiger partial charge is 0.339 e. The summed E-state index contributed by atoms with van der Waals surface area (Å²) >= 11 is 0. The van der Waals surface area contributed by atoms with Crippen molar-refractivity contribution in [1.29, 1.82) is 0 Å². The van der Waals surface area contributed by atoms with Gasteiger partial charge in [-0.1, -0.05) is 25.5 Å². The molecule has 1 amide bonds. The van der Waals surface area contributed by atoms with Crippen molar-refractivity contribution in [3.63, 3.8) is 0 Å². The maximum Gasteiger partial charge on any atom is 0.224 e. The summed E-state index contributed by atoms with van der Waals surface area (Å²) in [6, 6.07) is 0. The molecule has 5 nitrogen and oxygen atoms in total. The maximum atomic E-state index is 11.7. The second-order valence-electron chi connectivity index (χ2n) is 4.06. The van der Waals surface area contributed by atoms with E-state index in [1.807, 2.05) is 26.8 Å². The van der Waals surface area contributed by atoms with Crippen molar-refractivity contribution in [2.24, 2.45) is 0 Å². The predicted molar refractivity (Wildman–Crippen MR) is 73.8 cm³/mol. The lowest BCUT2D eigenvalue weighted by molar-refractivity contribution is -0.130. The van der Waals surface area contributed by atoms with Crippen LogP contribution in [-0.4, -0.2) is 45.1 Å². The Morgan fingerprint density at radius 1 is 1.44 bits per heavy atom. The van der Waals surface area contributed by atoms with Gasteiger partial charge in [-0.05, 0) is 13.3 Å². The Labute approximate surface area is 110 Å². The monoisotopic (exact) mass is 276 g/mol. The van der Waals surface area contributed by atoms with Crippen LogP contribution in [0.15, 0.2) is 11.6 Å². The summed E-state index contributed by atoms with van der Waals surface area (Å²) < 4.78 is 23.9. The van der Waals surface area contributed by atoms with Crippen LogP contribution >= 0.6 is 0 Å². The van der Waals surface area contributed by atoms with Gasteiger partial charge in [-0.25, -0.2) is 13.1 Å². The van der Waals surface area contributed by atoms with Crippen molar-refractivity contribution < 1.29 is 13.2 Å². The van der Waals surface area contributed by atoms with Gasteiger partial charge >= 0.3 is 0 Å². The van der Waals surface area contributed by atoms with Gasteiger partial charge in [-0.2, -0.15) is 0 Å². The molecule has 0 aromatic carbocycles. The minimum Gasteiger partial charge on any atom is -0.339 e. The first-order chi connectivity index (χ1) is 8.38. The van der Waals surface area contributed by atoms with Crippen LogP contribution in [0.3, 0.4) is 0 Å². The number of sulfonamides is 1. The molecule has 0 aliphatic carbocycles. The van der Waals surface area contributed by atoms with Crippen LogP contribution < -0.4 is 4.72 Å². The van der Waals surface area contributed by atoms with Gasteiger partial charge in [0, 0.05) is 26.1 Å². The van der Waals surface area contributed by atoms with Crippen LogP contribution in [0.25, 0.3) is 0 Å². The molecule has 0 saturated carbocycles. The number of carbonyl (C=O) groups is 1. The Bertz CT molecular complexity index is 388. The summed E-state index contributed by atoms with van der Waals surface area (Å²) in [6.45, 7) is 7.60. The average Bonchev–Trinajstić information content (AvgIpc) is 2.30. The fourth-order valence-corrected chi connectivity index (χ4v) is 1.97. The molecule has 1 rings (SSSR count). The molecule has 1 aliphatic heterocycles. The van der Waals surface area contributed by atoms with Gasteiger partial charge in [0.2, 0.25) is 15.9 Å². The summed E-state index contributed by atoms with van der Waals surface area (Å²) in [4.78, 5) is 13.4. The smallest absolute Gasteiger partial charge is 0.224 e. The van der Waals surface area contributed by atoms with Crippen LogP contribution in [0.5, 0.6) is 0 Å². The van der Waals surface area contributed by atoms with Crippen molar-refractivity contribution in [3.05, 3.63) is 11.6 Å². The van der Waals surface area contributed by atoms with Crippen LogP contribution in [0.2, 0.25) is 0 Å². The van der Waals surface area contributed by atoms with Crippen LogP contribution in [-0.2, 0) is 14.8 Å². The highest BCUT2D eigenvalue weighted by atomic mass is 32.2. The van der Waals surface area contributed by atoms with Crippen molar-refractivity contribution >= 4 is 15.9 Å². The summed E-state index contributed by atoms with van der Waals surface area (Å²) in [5.41, 5.74) is 1.30. The molecule has 0 bridgehead atoms. The van der Waals surface area contributed by atoms with E-state index >= 15 is 0 Å². The third-order valence-electron chi connectivity index (χ3n) is 2.49. The van der Waals surface area contributed by atoms with E-state index in [2.05, 4.69) is 4.72 Å². The lowest BCUT2D eigenvalue weighted by Crippen LogP contribution is -2.36. The molecule has 0 aromatic rings. The second kappa shape index (κ2) is 8.26. The molecule has 0 spiro atoms. The van der Waals surface area contributed by atoms with E-state index in [0.717, 1.165) is 19.2 Å². The van der Waals surface area contributed by atoms with Crippen LogP contribution in [0.1, 0.15) is 33.6 Å². The normalized spacial score (nSPS) is 15.6. The zero-order chi connectivity index (χ0) is 14.2. The van der Waals surface area contributed by atoms with Gasteiger partial charge in [-0.15, -0.1) is 0 Å². The Balaban J connectivity index is 0.00000137. The van der Waals surface area contributed by atoms with Crippen molar-refractivity contribution in [2.45, 2.75) is 33.6 Å². The lowest BCUT2D eigenvalue weighted by atomic mass is 10.1. The molecular formula is C12H24N2O3S. The number of hydrogen-bond donors (Lipinski definition) is 1. The van der Waals surface area contributed by atoms with E-state index in [4.69, 9.17) is 0 Å². The van der Waals surface area contributed by atoms with Crippen LogP contribution in [0, 0.1) is 0 Å². The van der Waals surface area contributed by atoms with Gasteiger partial charge in [0.1, 0.15) is 0 Å². The zero-order valence-corrected chi connectivity index (χ0v) is 12.5. The van der Waals surface area contributed by atoms with E-state index in [1.165, 1.54) is 5.57 Å². The molecule has 18 heavy (non-hydrogen) atoms. The molecule has 106 valence electrons. The van der Waals surface area contributed by atoms with Gasteiger partial charge in [0.15, 0.2) is 0 Å². The summed E-state index contributed by atoms with van der Waals surface area (Å²) in [5.74, 6) is -0.0000926. The zero-order valence-electron chi connectivity index (χ0n) is 11.7. The molecule has 0 aromatic heterocycles. The SMILES string of the molecule is CC.CC1=CCN(C(=O)CCNS(C)(=O)=O)CC1. The number of nitrogens with one attached hydrogen (secondary N) is 1. The van der Waals surface area contributed by atoms with E-state index in [-0.39, 0.29) is 18.9 Å². The predicted octanol–water partition coefficient (Wildman–Crippen LogP) is 1.13. The minimum atomic E-state index is -3.19. The number of hydrogen-bond acceptors (Lipinski definition) is 3. The van der Waals surface area contributed by atoms with E-state index < -0.39 is 10.0 Å². The molecule has 0 radical (unpaired) electrons. The molecular weight excluding hydrogens is 252 g/mol. The Morgan fingerprint density at radius 2 is 2.06 bits per heavy atom. The Morgan fingerprint density at radius 3 is 2.50 bits per heavy atom. The summed E-state index contributed by atoms with van der Waals surface area (Å²) in [6.07, 6.45) is 4.25. The molecule has 0 fully saturated rings. The van der Waals surface area contributed by atoms with Gasteiger partial charge in [0.25, 0.3) is 0 Å². The van der Waals surface area contributed by atoms with Crippen LogP contribution in [0.4, 0.5) is 0 Å². The number of carbonyl (C=O) groups excluding carboxylic acids is 1. The fraction of sp³-hybridized carbons (Fsp3) is 0.750. The third-order valence-corrected chi connectivity index (χ3v) is 3.22. The molecule has 1 heterocycles. The first kappa shape index (κ1) is 17.1. The average molecular weight is 276 g/mol. The van der Waals surface area contributed by atoms with Gasteiger partial charge < -0.3 is 4.90 Å². The van der Waals surface area contributed by atoms with E-state index in [0.29, 0.717) is 6.54 Å². The van der Waals surface area contributed by atoms with Gasteiger partial charge in [-0.3, -0.25) is 4.79 Å². The Kier molecular flexibility index (Phi) is 7.86. The number of nitrogens with zero attached hydrogens (tertiary/aromatic N) is 1. The number of rotatable bonds is 4. The molecule has 0 atom stereocenters. The minimum absolute atomic E-state index is 0.0000926. The fourth-order valence-electron chi connectivity index (χ4n) is 1.50. The highest BCUT2D eigenvalue weighted by Crippen LogP contribution is 2.10. The standard InChI is InChI=1S/C10H18N2O3S.C2H6/c1-9-4-7-12(8-5-9)10(13)3-6-11-16(2,14)15;1-2/h4,11H,3,5-8H2,1-2H3;1-2H3. The molecule has 0 unspecified atom stereocenters. The first-order valence-corrected chi connectivity index (χ1v) is 8.15. The van der Waals surface area contributed by atoms with Crippen molar-refractivity contribution in [2.75, 3.05) is 25.9 Å². The quantitative estimate of drug-likeness (QED) is 0.783. The molecule has 1 aliphatic rings. The maximum absolute atomic E-state index is 11.7. The molecule has 0 saturated heterocycles. The Hall–Kier alpha value is -0.880.